The van der Waals surface area contributed by atoms with E-state index in [-0.39, 0.29) is 5.78 Å². The molecule has 35 heavy (non-hydrogen) atoms. The number of fused-ring (bicyclic) bond motifs is 1. The van der Waals surface area contributed by atoms with E-state index in [0.717, 1.165) is 51.7 Å². The van der Waals surface area contributed by atoms with Gasteiger partial charge in [0.1, 0.15) is 5.82 Å². The molecule has 1 heterocycles. The number of ketones is 1. The Labute approximate surface area is 208 Å². The van der Waals surface area contributed by atoms with Gasteiger partial charge in [-0.1, -0.05) is 55.1 Å². The number of carbonyl (C=O) groups is 1. The number of benzene rings is 2. The number of Topliss-reactive ketones (excluding diaryl/α,β-unsaturated/α-hetero) is 1. The molecular weight excluding hydrogens is 430 g/mol. The number of carbonyl (C=O) groups excluding carboxylic acids is 1. The highest BCUT2D eigenvalue weighted by Gasteiger charge is 2.19. The Morgan fingerprint density at radius 3 is 2.43 bits per heavy atom. The normalized spacial score (nSPS) is 15.0. The van der Waals surface area contributed by atoms with Crippen molar-refractivity contribution in [2.45, 2.75) is 39.5 Å². The molecule has 0 radical (unpaired) electrons. The van der Waals surface area contributed by atoms with Crippen LogP contribution in [0.2, 0.25) is 0 Å². The summed E-state index contributed by atoms with van der Waals surface area (Å²) in [4.78, 5) is 17.3. The second-order valence-corrected chi connectivity index (χ2v) is 8.91. The van der Waals surface area contributed by atoms with E-state index in [1.54, 1.807) is 13.1 Å². The molecule has 178 valence electrons. The van der Waals surface area contributed by atoms with Crippen LogP contribution in [0.5, 0.6) is 0 Å². The molecule has 1 aliphatic carbocycles. The van der Waals surface area contributed by atoms with Crippen LogP contribution in [0.25, 0.3) is 22.0 Å². The van der Waals surface area contributed by atoms with Crippen molar-refractivity contribution in [3.8, 4) is 0 Å². The molecule has 0 saturated heterocycles. The highest BCUT2D eigenvalue weighted by atomic mass is 16.1. The van der Waals surface area contributed by atoms with Crippen molar-refractivity contribution in [3.05, 3.63) is 113 Å². The van der Waals surface area contributed by atoms with E-state index in [2.05, 4.69) is 47.3 Å². The number of pyridine rings is 1. The topological polar surface area (TPSA) is 54.0 Å². The zero-order valence-electron chi connectivity index (χ0n) is 20.8. The molecule has 2 N–H and O–H groups in total. The summed E-state index contributed by atoms with van der Waals surface area (Å²) in [6, 6.07) is 20.1. The average molecular weight is 464 g/mol. The standard InChI is InChI=1S/C31H33N3O/c1-21(24-12-7-5-8-13-24)29(25-14-9-6-10-15-25)22(2)34-31(32-4)30(23(3)35)27-17-18-28-26(20-27)16-11-19-33-28/h5,7-8,11-14,16-20,32,34H,1,6,9-10,15H2,2-4H3/b29-22-,31-30+. The molecule has 0 saturated carbocycles. The summed E-state index contributed by atoms with van der Waals surface area (Å²) >= 11 is 0. The van der Waals surface area contributed by atoms with Crippen LogP contribution < -0.4 is 10.6 Å². The number of nitrogens with zero attached hydrogens (tertiary/aromatic N) is 1. The van der Waals surface area contributed by atoms with Gasteiger partial charge in [0.15, 0.2) is 5.78 Å². The van der Waals surface area contributed by atoms with Gasteiger partial charge >= 0.3 is 0 Å². The minimum absolute atomic E-state index is 0.0155. The summed E-state index contributed by atoms with van der Waals surface area (Å²) in [5.41, 5.74) is 7.85. The third-order valence-electron chi connectivity index (χ3n) is 6.47. The maximum Gasteiger partial charge on any atom is 0.164 e. The van der Waals surface area contributed by atoms with E-state index in [0.29, 0.717) is 11.4 Å². The number of aromatic nitrogens is 1. The molecule has 0 atom stereocenters. The lowest BCUT2D eigenvalue weighted by atomic mass is 9.86. The largest absolute Gasteiger partial charge is 0.374 e. The molecule has 0 aliphatic heterocycles. The van der Waals surface area contributed by atoms with E-state index in [9.17, 15) is 4.79 Å². The molecule has 0 amide bonds. The lowest BCUT2D eigenvalue weighted by Gasteiger charge is -2.24. The average Bonchev–Trinajstić information content (AvgIpc) is 2.89. The van der Waals surface area contributed by atoms with Gasteiger partial charge in [-0.25, -0.2) is 0 Å². The van der Waals surface area contributed by atoms with Crippen LogP contribution in [0.3, 0.4) is 0 Å². The van der Waals surface area contributed by atoms with Crippen molar-refractivity contribution in [1.29, 1.82) is 0 Å². The molecule has 1 aromatic heterocycles. The van der Waals surface area contributed by atoms with Gasteiger partial charge in [-0.2, -0.15) is 0 Å². The number of rotatable bonds is 8. The molecule has 0 bridgehead atoms. The minimum atomic E-state index is -0.0155. The van der Waals surface area contributed by atoms with Gasteiger partial charge in [0.05, 0.1) is 11.1 Å². The molecule has 0 fully saturated rings. The Hall–Kier alpha value is -3.92. The van der Waals surface area contributed by atoms with Gasteiger partial charge in [0.25, 0.3) is 0 Å². The minimum Gasteiger partial charge on any atom is -0.374 e. The molecule has 0 spiro atoms. The van der Waals surface area contributed by atoms with Gasteiger partial charge in [0, 0.05) is 29.9 Å². The summed E-state index contributed by atoms with van der Waals surface area (Å²) in [6.45, 7) is 8.15. The number of hydrogen-bond donors (Lipinski definition) is 2. The highest BCUT2D eigenvalue weighted by Crippen LogP contribution is 2.35. The van der Waals surface area contributed by atoms with Crippen molar-refractivity contribution in [2.24, 2.45) is 0 Å². The number of nitrogens with one attached hydrogen (secondary N) is 2. The zero-order valence-corrected chi connectivity index (χ0v) is 20.8. The number of allylic oxidation sites excluding steroid dienone is 6. The lowest BCUT2D eigenvalue weighted by Crippen LogP contribution is -2.27. The molecule has 0 unspecified atom stereocenters. The van der Waals surface area contributed by atoms with E-state index >= 15 is 0 Å². The fourth-order valence-corrected chi connectivity index (χ4v) is 4.76. The first kappa shape index (κ1) is 24.2. The summed E-state index contributed by atoms with van der Waals surface area (Å²) in [5, 5.41) is 7.80. The third kappa shape index (κ3) is 5.43. The van der Waals surface area contributed by atoms with Gasteiger partial charge < -0.3 is 10.6 Å². The molecular formula is C31H33N3O. The smallest absolute Gasteiger partial charge is 0.164 e. The van der Waals surface area contributed by atoms with Crippen LogP contribution in [-0.4, -0.2) is 17.8 Å². The van der Waals surface area contributed by atoms with Crippen molar-refractivity contribution in [1.82, 2.24) is 15.6 Å². The first-order valence-corrected chi connectivity index (χ1v) is 12.2. The van der Waals surface area contributed by atoms with Crippen molar-refractivity contribution < 1.29 is 4.79 Å². The van der Waals surface area contributed by atoms with Gasteiger partial charge in [-0.3, -0.25) is 9.78 Å². The molecule has 2 aromatic carbocycles. The highest BCUT2D eigenvalue weighted by molar-refractivity contribution is 6.20. The fraction of sp³-hybridized carbons (Fsp3) is 0.226. The summed E-state index contributed by atoms with van der Waals surface area (Å²) < 4.78 is 0. The van der Waals surface area contributed by atoms with Gasteiger partial charge in [0.2, 0.25) is 0 Å². The van der Waals surface area contributed by atoms with E-state index in [1.807, 2.05) is 55.6 Å². The van der Waals surface area contributed by atoms with Gasteiger partial charge in [-0.05, 0) is 80.0 Å². The van der Waals surface area contributed by atoms with Crippen LogP contribution in [0.4, 0.5) is 0 Å². The predicted molar refractivity (Wildman–Crippen MR) is 146 cm³/mol. The zero-order chi connectivity index (χ0) is 24.8. The third-order valence-corrected chi connectivity index (χ3v) is 6.47. The molecule has 4 rings (SSSR count). The van der Waals surface area contributed by atoms with Crippen LogP contribution in [-0.2, 0) is 4.79 Å². The Bertz CT molecular complexity index is 1350. The van der Waals surface area contributed by atoms with E-state index in [1.165, 1.54) is 18.4 Å². The first-order valence-electron chi connectivity index (χ1n) is 12.2. The molecule has 4 nitrogen and oxygen atoms in total. The Balaban J connectivity index is 1.82. The Morgan fingerprint density at radius 2 is 1.74 bits per heavy atom. The summed E-state index contributed by atoms with van der Waals surface area (Å²) in [5.74, 6) is 0.659. The summed E-state index contributed by atoms with van der Waals surface area (Å²) in [7, 11) is 1.84. The van der Waals surface area contributed by atoms with Crippen LogP contribution in [0, 0.1) is 0 Å². The van der Waals surface area contributed by atoms with E-state index < -0.39 is 0 Å². The predicted octanol–water partition coefficient (Wildman–Crippen LogP) is 6.79. The maximum atomic E-state index is 12.9. The van der Waals surface area contributed by atoms with Crippen molar-refractivity contribution in [3.63, 3.8) is 0 Å². The van der Waals surface area contributed by atoms with E-state index in [4.69, 9.17) is 0 Å². The second kappa shape index (κ2) is 11.0. The van der Waals surface area contributed by atoms with Crippen LogP contribution in [0.15, 0.2) is 102 Å². The SMILES string of the molecule is C=C(/C(C1=CCCCC1)=C(\C)N/C(NC)=C(\C(C)=O)c1ccc2ncccc2c1)c1ccccc1. The lowest BCUT2D eigenvalue weighted by molar-refractivity contribution is -0.111. The summed E-state index contributed by atoms with van der Waals surface area (Å²) in [6.07, 6.45) is 8.60. The van der Waals surface area contributed by atoms with Gasteiger partial charge in [-0.15, -0.1) is 0 Å². The molecule has 4 heteroatoms. The monoisotopic (exact) mass is 463 g/mol. The van der Waals surface area contributed by atoms with Crippen LogP contribution in [0.1, 0.15) is 50.7 Å². The first-order chi connectivity index (χ1) is 17.0. The quantitative estimate of drug-likeness (QED) is 0.285. The molecule has 3 aromatic rings. The Morgan fingerprint density at radius 1 is 0.943 bits per heavy atom. The maximum absolute atomic E-state index is 12.9. The van der Waals surface area contributed by atoms with Crippen molar-refractivity contribution >= 4 is 27.8 Å². The fourth-order valence-electron chi connectivity index (χ4n) is 4.76. The molecule has 1 aliphatic rings. The second-order valence-electron chi connectivity index (χ2n) is 8.91. The number of hydrogen-bond acceptors (Lipinski definition) is 4. The van der Waals surface area contributed by atoms with Crippen LogP contribution >= 0.6 is 0 Å². The Kier molecular flexibility index (Phi) is 7.61. The van der Waals surface area contributed by atoms with Crippen molar-refractivity contribution in [2.75, 3.05) is 7.05 Å².